The van der Waals surface area contributed by atoms with E-state index in [9.17, 15) is 9.18 Å². The summed E-state index contributed by atoms with van der Waals surface area (Å²) in [5, 5.41) is 0. The molecule has 0 spiro atoms. The fourth-order valence-electron chi connectivity index (χ4n) is 1.90. The number of nitrogens with zero attached hydrogens (tertiary/aromatic N) is 2. The summed E-state index contributed by atoms with van der Waals surface area (Å²) < 4.78 is 20.4. The zero-order valence-electron chi connectivity index (χ0n) is 9.39. The third kappa shape index (κ3) is 2.00. The molecule has 0 aromatic carbocycles. The summed E-state index contributed by atoms with van der Waals surface area (Å²) in [6.07, 6.45) is 0.595. The van der Waals surface area contributed by atoms with Crippen molar-refractivity contribution in [3.8, 4) is 0 Å². The number of aryl methyl sites for hydroxylation is 1. The molecule has 0 N–H and O–H groups in total. The SMILES string of the molecule is CCC1CC(F)C(n2ccc(C)nc2=O)O1. The zero-order chi connectivity index (χ0) is 11.7. The predicted molar refractivity (Wildman–Crippen MR) is 56.9 cm³/mol. The lowest BCUT2D eigenvalue weighted by molar-refractivity contribution is -0.0223. The molecule has 1 aliphatic heterocycles. The molecule has 1 aliphatic rings. The van der Waals surface area contributed by atoms with E-state index in [1.54, 1.807) is 19.2 Å². The smallest absolute Gasteiger partial charge is 0.349 e. The molecule has 88 valence electrons. The number of alkyl halides is 1. The van der Waals surface area contributed by atoms with E-state index in [2.05, 4.69) is 4.98 Å². The summed E-state index contributed by atoms with van der Waals surface area (Å²) in [4.78, 5) is 15.3. The first kappa shape index (κ1) is 11.3. The molecule has 0 saturated carbocycles. The van der Waals surface area contributed by atoms with Crippen molar-refractivity contribution in [2.24, 2.45) is 0 Å². The molecule has 1 saturated heterocycles. The van der Waals surface area contributed by atoms with Gasteiger partial charge >= 0.3 is 5.69 Å². The van der Waals surface area contributed by atoms with Gasteiger partial charge in [0, 0.05) is 18.3 Å². The second-order valence-electron chi connectivity index (χ2n) is 4.07. The van der Waals surface area contributed by atoms with Crippen LogP contribution in [0, 0.1) is 6.92 Å². The maximum atomic E-state index is 13.7. The highest BCUT2D eigenvalue weighted by Crippen LogP contribution is 2.31. The first-order valence-corrected chi connectivity index (χ1v) is 5.47. The van der Waals surface area contributed by atoms with Crippen molar-refractivity contribution >= 4 is 0 Å². The summed E-state index contributed by atoms with van der Waals surface area (Å²) >= 11 is 0. The van der Waals surface area contributed by atoms with Crippen LogP contribution in [0.2, 0.25) is 0 Å². The van der Waals surface area contributed by atoms with E-state index >= 15 is 0 Å². The van der Waals surface area contributed by atoms with Gasteiger partial charge in [0.15, 0.2) is 6.23 Å². The first-order valence-electron chi connectivity index (χ1n) is 5.47. The van der Waals surface area contributed by atoms with Gasteiger partial charge in [-0.25, -0.2) is 9.18 Å². The summed E-state index contributed by atoms with van der Waals surface area (Å²) in [5.74, 6) is 0. The lowest BCUT2D eigenvalue weighted by atomic mass is 10.2. The average molecular weight is 226 g/mol. The monoisotopic (exact) mass is 226 g/mol. The highest BCUT2D eigenvalue weighted by atomic mass is 19.1. The lowest BCUT2D eigenvalue weighted by Gasteiger charge is -2.15. The second-order valence-corrected chi connectivity index (χ2v) is 4.07. The van der Waals surface area contributed by atoms with Crippen LogP contribution in [0.5, 0.6) is 0 Å². The van der Waals surface area contributed by atoms with E-state index in [0.29, 0.717) is 12.1 Å². The summed E-state index contributed by atoms with van der Waals surface area (Å²) in [5.41, 5.74) is 0.172. The topological polar surface area (TPSA) is 44.1 Å². The van der Waals surface area contributed by atoms with Crippen LogP contribution in [-0.2, 0) is 4.74 Å². The van der Waals surface area contributed by atoms with Crippen molar-refractivity contribution in [3.05, 3.63) is 28.4 Å². The molecule has 0 aliphatic carbocycles. The van der Waals surface area contributed by atoms with Gasteiger partial charge in [-0.05, 0) is 19.4 Å². The molecule has 2 rings (SSSR count). The summed E-state index contributed by atoms with van der Waals surface area (Å²) in [6.45, 7) is 3.67. The Labute approximate surface area is 93.1 Å². The second kappa shape index (κ2) is 4.33. The van der Waals surface area contributed by atoms with Crippen molar-refractivity contribution < 1.29 is 9.13 Å². The van der Waals surface area contributed by atoms with E-state index in [1.807, 2.05) is 6.92 Å². The van der Waals surface area contributed by atoms with Crippen molar-refractivity contribution in [3.63, 3.8) is 0 Å². The molecule has 5 heteroatoms. The van der Waals surface area contributed by atoms with Crippen molar-refractivity contribution in [1.29, 1.82) is 0 Å². The van der Waals surface area contributed by atoms with Crippen LogP contribution in [0.1, 0.15) is 31.7 Å². The Morgan fingerprint density at radius 2 is 2.44 bits per heavy atom. The third-order valence-electron chi connectivity index (χ3n) is 2.83. The molecular weight excluding hydrogens is 211 g/mol. The first-order chi connectivity index (χ1) is 7.61. The molecule has 2 heterocycles. The summed E-state index contributed by atoms with van der Waals surface area (Å²) in [6, 6.07) is 1.68. The van der Waals surface area contributed by atoms with E-state index < -0.39 is 18.1 Å². The number of aromatic nitrogens is 2. The molecule has 4 nitrogen and oxygen atoms in total. The quantitative estimate of drug-likeness (QED) is 0.769. The van der Waals surface area contributed by atoms with Gasteiger partial charge in [0.05, 0.1) is 6.10 Å². The van der Waals surface area contributed by atoms with Crippen LogP contribution >= 0.6 is 0 Å². The van der Waals surface area contributed by atoms with E-state index in [-0.39, 0.29) is 6.10 Å². The van der Waals surface area contributed by atoms with Crippen molar-refractivity contribution in [2.75, 3.05) is 0 Å². The highest BCUT2D eigenvalue weighted by Gasteiger charge is 2.36. The maximum Gasteiger partial charge on any atom is 0.349 e. The Kier molecular flexibility index (Phi) is 3.05. The summed E-state index contributed by atoms with van der Waals surface area (Å²) in [7, 11) is 0. The molecule has 1 fully saturated rings. The molecule has 3 atom stereocenters. The molecule has 0 bridgehead atoms. The van der Waals surface area contributed by atoms with E-state index in [4.69, 9.17) is 4.74 Å². The van der Waals surface area contributed by atoms with Gasteiger partial charge in [-0.1, -0.05) is 6.92 Å². The van der Waals surface area contributed by atoms with E-state index in [1.165, 1.54) is 4.57 Å². The fourth-order valence-corrected chi connectivity index (χ4v) is 1.90. The Morgan fingerprint density at radius 1 is 1.69 bits per heavy atom. The minimum atomic E-state index is -1.13. The Balaban J connectivity index is 2.28. The van der Waals surface area contributed by atoms with Gasteiger partial charge in [0.2, 0.25) is 0 Å². The van der Waals surface area contributed by atoms with Gasteiger partial charge in [-0.15, -0.1) is 0 Å². The standard InChI is InChI=1S/C11H15FN2O2/c1-3-8-6-9(12)10(16-8)14-5-4-7(2)13-11(14)15/h4-5,8-10H,3,6H2,1-2H3. The Bertz CT molecular complexity index is 432. The number of hydrogen-bond acceptors (Lipinski definition) is 3. The minimum Gasteiger partial charge on any atom is -0.351 e. The van der Waals surface area contributed by atoms with Crippen LogP contribution < -0.4 is 5.69 Å². The normalized spacial score (nSPS) is 29.6. The van der Waals surface area contributed by atoms with Gasteiger partial charge in [0.25, 0.3) is 0 Å². The Morgan fingerprint density at radius 3 is 3.00 bits per heavy atom. The number of ether oxygens (including phenoxy) is 1. The number of rotatable bonds is 2. The molecule has 0 radical (unpaired) electrons. The third-order valence-corrected chi connectivity index (χ3v) is 2.83. The zero-order valence-corrected chi connectivity index (χ0v) is 9.39. The predicted octanol–water partition coefficient (Wildman–Crippen LogP) is 1.59. The lowest BCUT2D eigenvalue weighted by Crippen LogP contribution is -2.30. The molecule has 0 amide bonds. The van der Waals surface area contributed by atoms with Crippen molar-refractivity contribution in [2.45, 2.75) is 45.2 Å². The minimum absolute atomic E-state index is 0.104. The van der Waals surface area contributed by atoms with Gasteiger partial charge in [0.1, 0.15) is 6.17 Å². The molecule has 16 heavy (non-hydrogen) atoms. The van der Waals surface area contributed by atoms with Gasteiger partial charge in [-0.3, -0.25) is 4.57 Å². The van der Waals surface area contributed by atoms with E-state index in [0.717, 1.165) is 6.42 Å². The number of hydrogen-bond donors (Lipinski definition) is 0. The van der Waals surface area contributed by atoms with Crippen molar-refractivity contribution in [1.82, 2.24) is 9.55 Å². The van der Waals surface area contributed by atoms with Crippen LogP contribution in [0.4, 0.5) is 4.39 Å². The number of halogens is 1. The van der Waals surface area contributed by atoms with Crippen LogP contribution in [0.25, 0.3) is 0 Å². The molecule has 3 unspecified atom stereocenters. The maximum absolute atomic E-state index is 13.7. The molecule has 1 aromatic rings. The largest absolute Gasteiger partial charge is 0.351 e. The van der Waals surface area contributed by atoms with Crippen LogP contribution in [0.3, 0.4) is 0 Å². The molecular formula is C11H15FN2O2. The van der Waals surface area contributed by atoms with Gasteiger partial charge < -0.3 is 4.74 Å². The van der Waals surface area contributed by atoms with Crippen LogP contribution in [0.15, 0.2) is 17.1 Å². The highest BCUT2D eigenvalue weighted by molar-refractivity contribution is 4.97. The average Bonchev–Trinajstić information content (AvgIpc) is 2.60. The molecule has 1 aromatic heterocycles. The van der Waals surface area contributed by atoms with Gasteiger partial charge in [-0.2, -0.15) is 4.98 Å². The fraction of sp³-hybridized carbons (Fsp3) is 0.636. The Hall–Kier alpha value is -1.23. The van der Waals surface area contributed by atoms with Crippen LogP contribution in [-0.4, -0.2) is 21.8 Å².